The summed E-state index contributed by atoms with van der Waals surface area (Å²) in [6.07, 6.45) is 7.69. The van der Waals surface area contributed by atoms with E-state index < -0.39 is 0 Å². The molecule has 0 fully saturated rings. The summed E-state index contributed by atoms with van der Waals surface area (Å²) in [5.41, 5.74) is 1.77. The largest absolute Gasteiger partial charge is 0.0874 e. The van der Waals surface area contributed by atoms with Crippen LogP contribution in [0.15, 0.2) is 23.8 Å². The molecule has 0 saturated heterocycles. The maximum Gasteiger partial charge on any atom is -0.0110 e. The highest BCUT2D eigenvalue weighted by atomic mass is 14.2. The van der Waals surface area contributed by atoms with Gasteiger partial charge in [-0.2, -0.15) is 0 Å². The van der Waals surface area contributed by atoms with Crippen LogP contribution in [0, 0.1) is 5.41 Å². The van der Waals surface area contributed by atoms with Gasteiger partial charge in [0.15, 0.2) is 0 Å². The number of hydrogen-bond donors (Lipinski definition) is 0. The molecule has 0 aliphatic heterocycles. The average molecular weight is 152 g/mol. The van der Waals surface area contributed by atoms with E-state index in [0.29, 0.717) is 5.41 Å². The molecule has 0 heteroatoms. The lowest BCUT2D eigenvalue weighted by Crippen LogP contribution is -2.11. The molecule has 0 nitrogen and oxygen atoms in total. The van der Waals surface area contributed by atoms with Crippen molar-refractivity contribution in [2.24, 2.45) is 5.41 Å². The third-order valence-corrected chi connectivity index (χ3v) is 2.32. The molecular formula is C11H20. The van der Waals surface area contributed by atoms with Crippen LogP contribution in [0.4, 0.5) is 0 Å². The van der Waals surface area contributed by atoms with E-state index in [2.05, 4.69) is 52.8 Å². The lowest BCUT2D eigenvalue weighted by Gasteiger charge is -2.24. The molecule has 0 atom stereocenters. The summed E-state index contributed by atoms with van der Waals surface area (Å²) < 4.78 is 0. The van der Waals surface area contributed by atoms with Crippen LogP contribution < -0.4 is 0 Å². The van der Waals surface area contributed by atoms with Crippen molar-refractivity contribution in [3.63, 3.8) is 0 Å². The summed E-state index contributed by atoms with van der Waals surface area (Å²) in [4.78, 5) is 0. The summed E-state index contributed by atoms with van der Waals surface area (Å²) in [6.45, 7) is 11.0. The lowest BCUT2D eigenvalue weighted by atomic mass is 9.81. The number of hydrogen-bond acceptors (Lipinski definition) is 0. The molecule has 0 heterocycles. The smallest absolute Gasteiger partial charge is 0.0110 e. The van der Waals surface area contributed by atoms with E-state index in [9.17, 15) is 0 Å². The van der Waals surface area contributed by atoms with Crippen LogP contribution in [0.1, 0.15) is 41.0 Å². The third-order valence-electron chi connectivity index (χ3n) is 2.32. The van der Waals surface area contributed by atoms with E-state index in [1.165, 1.54) is 12.0 Å². The first kappa shape index (κ1) is 10.5. The molecule has 0 aromatic carbocycles. The van der Waals surface area contributed by atoms with Crippen molar-refractivity contribution in [1.29, 1.82) is 0 Å². The molecule has 0 unspecified atom stereocenters. The molecule has 11 heavy (non-hydrogen) atoms. The Morgan fingerprint density at radius 2 is 1.82 bits per heavy atom. The van der Waals surface area contributed by atoms with Crippen molar-refractivity contribution in [3.05, 3.63) is 23.8 Å². The van der Waals surface area contributed by atoms with E-state index >= 15 is 0 Å². The molecule has 0 aromatic heterocycles. The van der Waals surface area contributed by atoms with Gasteiger partial charge in [0.25, 0.3) is 0 Å². The minimum atomic E-state index is 0.335. The summed E-state index contributed by atoms with van der Waals surface area (Å²) in [7, 11) is 0. The first-order valence-electron chi connectivity index (χ1n) is 4.38. The van der Waals surface area contributed by atoms with E-state index in [-0.39, 0.29) is 0 Å². The van der Waals surface area contributed by atoms with Crippen LogP contribution in [0.25, 0.3) is 0 Å². The average Bonchev–Trinajstić information content (AvgIpc) is 2.00. The molecular weight excluding hydrogens is 132 g/mol. The normalized spacial score (nSPS) is 14.5. The van der Waals surface area contributed by atoms with Gasteiger partial charge in [0.2, 0.25) is 0 Å². The van der Waals surface area contributed by atoms with E-state index in [4.69, 9.17) is 0 Å². The lowest BCUT2D eigenvalue weighted by molar-refractivity contribution is 0.439. The second-order valence-corrected chi connectivity index (χ2v) is 3.48. The molecule has 0 N–H and O–H groups in total. The minimum Gasteiger partial charge on any atom is -0.0874 e. The Bertz CT molecular complexity index is 159. The van der Waals surface area contributed by atoms with Gasteiger partial charge in [-0.05, 0) is 31.3 Å². The second kappa shape index (κ2) is 4.38. The number of rotatable bonds is 3. The van der Waals surface area contributed by atoms with Crippen molar-refractivity contribution in [1.82, 2.24) is 0 Å². The van der Waals surface area contributed by atoms with Crippen molar-refractivity contribution < 1.29 is 0 Å². The molecule has 0 amide bonds. The molecule has 0 aliphatic rings. The quantitative estimate of drug-likeness (QED) is 0.537. The molecule has 0 radical (unpaired) electrons. The molecule has 0 rings (SSSR count). The molecule has 64 valence electrons. The zero-order chi connectivity index (χ0) is 8.91. The van der Waals surface area contributed by atoms with Gasteiger partial charge in [0, 0.05) is 0 Å². The summed E-state index contributed by atoms with van der Waals surface area (Å²) in [5, 5.41) is 0. The van der Waals surface area contributed by atoms with Gasteiger partial charge in [-0.1, -0.05) is 39.0 Å². The standard InChI is InChI=1S/C11H20/c1-6-9-10(7-2)11(4,5)8-3/h6-7,9H,8H2,1-5H3/b9-6-,10-7+. The summed E-state index contributed by atoms with van der Waals surface area (Å²) in [6, 6.07) is 0. The Balaban J connectivity index is 4.51. The first-order chi connectivity index (χ1) is 5.08. The summed E-state index contributed by atoms with van der Waals surface area (Å²) in [5.74, 6) is 0. The highest BCUT2D eigenvalue weighted by molar-refractivity contribution is 5.24. The Labute approximate surface area is 71.0 Å². The predicted octanol–water partition coefficient (Wildman–Crippen LogP) is 3.95. The molecule has 0 aliphatic carbocycles. The van der Waals surface area contributed by atoms with E-state index in [0.717, 1.165) is 0 Å². The van der Waals surface area contributed by atoms with Crippen LogP contribution in [0.5, 0.6) is 0 Å². The fraction of sp³-hybridized carbons (Fsp3) is 0.636. The Morgan fingerprint density at radius 3 is 2.09 bits per heavy atom. The molecule has 0 aromatic rings. The SMILES string of the molecule is C/C=C\C(=C/C)C(C)(C)CC. The fourth-order valence-corrected chi connectivity index (χ4v) is 1.10. The van der Waals surface area contributed by atoms with Crippen LogP contribution >= 0.6 is 0 Å². The zero-order valence-corrected chi connectivity index (χ0v) is 8.44. The maximum atomic E-state index is 2.28. The Morgan fingerprint density at radius 1 is 1.27 bits per heavy atom. The van der Waals surface area contributed by atoms with Crippen molar-refractivity contribution in [2.45, 2.75) is 41.0 Å². The predicted molar refractivity (Wildman–Crippen MR) is 52.6 cm³/mol. The Hall–Kier alpha value is -0.520. The van der Waals surface area contributed by atoms with Gasteiger partial charge in [-0.3, -0.25) is 0 Å². The van der Waals surface area contributed by atoms with Crippen LogP contribution in [0.2, 0.25) is 0 Å². The number of allylic oxidation sites excluding steroid dienone is 4. The molecule has 0 spiro atoms. The van der Waals surface area contributed by atoms with Crippen molar-refractivity contribution in [2.75, 3.05) is 0 Å². The van der Waals surface area contributed by atoms with Crippen LogP contribution in [-0.2, 0) is 0 Å². The monoisotopic (exact) mass is 152 g/mol. The van der Waals surface area contributed by atoms with Gasteiger partial charge in [-0.25, -0.2) is 0 Å². The Kier molecular flexibility index (Phi) is 4.17. The zero-order valence-electron chi connectivity index (χ0n) is 8.44. The third kappa shape index (κ3) is 2.92. The van der Waals surface area contributed by atoms with Crippen molar-refractivity contribution in [3.8, 4) is 0 Å². The van der Waals surface area contributed by atoms with Gasteiger partial charge in [0.05, 0.1) is 0 Å². The van der Waals surface area contributed by atoms with Gasteiger partial charge >= 0.3 is 0 Å². The van der Waals surface area contributed by atoms with Gasteiger partial charge in [0.1, 0.15) is 0 Å². The topological polar surface area (TPSA) is 0 Å². The maximum absolute atomic E-state index is 2.28. The fourth-order valence-electron chi connectivity index (χ4n) is 1.10. The van der Waals surface area contributed by atoms with Gasteiger partial charge < -0.3 is 0 Å². The van der Waals surface area contributed by atoms with E-state index in [1.54, 1.807) is 0 Å². The van der Waals surface area contributed by atoms with E-state index in [1.807, 2.05) is 0 Å². The highest BCUT2D eigenvalue weighted by Gasteiger charge is 2.17. The first-order valence-corrected chi connectivity index (χ1v) is 4.38. The second-order valence-electron chi connectivity index (χ2n) is 3.48. The minimum absolute atomic E-state index is 0.335. The van der Waals surface area contributed by atoms with Crippen LogP contribution in [0.3, 0.4) is 0 Å². The molecule has 0 bridgehead atoms. The highest BCUT2D eigenvalue weighted by Crippen LogP contribution is 2.30. The van der Waals surface area contributed by atoms with Crippen molar-refractivity contribution >= 4 is 0 Å². The van der Waals surface area contributed by atoms with Crippen LogP contribution in [-0.4, -0.2) is 0 Å². The molecule has 0 saturated carbocycles. The summed E-state index contributed by atoms with van der Waals surface area (Å²) >= 11 is 0. The van der Waals surface area contributed by atoms with Gasteiger partial charge in [-0.15, -0.1) is 0 Å².